The summed E-state index contributed by atoms with van der Waals surface area (Å²) in [4.78, 5) is 18.6. The number of nitrogens with zero attached hydrogens (tertiary/aromatic N) is 3. The van der Waals surface area contributed by atoms with Crippen LogP contribution in [0.2, 0.25) is 0 Å². The molecule has 0 unspecified atom stereocenters. The van der Waals surface area contributed by atoms with E-state index < -0.39 is 0 Å². The lowest BCUT2D eigenvalue weighted by Crippen LogP contribution is -2.43. The van der Waals surface area contributed by atoms with Crippen LogP contribution >= 0.6 is 0 Å². The Kier molecular flexibility index (Phi) is 5.71. The summed E-state index contributed by atoms with van der Waals surface area (Å²) >= 11 is 0. The van der Waals surface area contributed by atoms with Crippen LogP contribution in [0.4, 0.5) is 0 Å². The molecule has 8 heteroatoms. The molecule has 29 heavy (non-hydrogen) atoms. The molecule has 1 aromatic heterocycles. The van der Waals surface area contributed by atoms with Crippen LogP contribution in [0.25, 0.3) is 22.8 Å². The second-order valence-electron chi connectivity index (χ2n) is 6.40. The number of hydrogen-bond acceptors (Lipinski definition) is 7. The Balaban J connectivity index is 1.53. The lowest BCUT2D eigenvalue weighted by atomic mass is 10.2. The average Bonchev–Trinajstić information content (AvgIpc) is 3.28. The highest BCUT2D eigenvalue weighted by molar-refractivity contribution is 5.78. The van der Waals surface area contributed by atoms with Gasteiger partial charge in [-0.2, -0.15) is 4.98 Å². The number of morpholine rings is 1. The Labute approximate surface area is 168 Å². The zero-order valence-corrected chi connectivity index (χ0v) is 16.0. The summed E-state index contributed by atoms with van der Waals surface area (Å²) in [6.07, 6.45) is 0. The van der Waals surface area contributed by atoms with Crippen LogP contribution in [0.15, 0.2) is 53.1 Å². The number of hydrogen-bond donors (Lipinski definition) is 0. The molecule has 1 amide bonds. The van der Waals surface area contributed by atoms with E-state index in [1.54, 1.807) is 18.1 Å². The number of methoxy groups -OCH3 is 1. The number of para-hydroxylation sites is 2. The lowest BCUT2D eigenvalue weighted by Gasteiger charge is -2.26. The zero-order chi connectivity index (χ0) is 20.1. The molecule has 0 saturated carbocycles. The van der Waals surface area contributed by atoms with Crippen molar-refractivity contribution in [3.05, 3.63) is 48.5 Å². The Morgan fingerprint density at radius 1 is 1.03 bits per heavy atom. The van der Waals surface area contributed by atoms with E-state index in [0.29, 0.717) is 60.6 Å². The van der Waals surface area contributed by atoms with Crippen molar-refractivity contribution in [2.75, 3.05) is 40.0 Å². The number of benzene rings is 2. The number of carbonyl (C=O) groups is 1. The van der Waals surface area contributed by atoms with Crippen LogP contribution in [0.3, 0.4) is 0 Å². The van der Waals surface area contributed by atoms with Crippen LogP contribution in [0, 0.1) is 0 Å². The van der Waals surface area contributed by atoms with Gasteiger partial charge in [-0.3, -0.25) is 4.79 Å². The maximum Gasteiger partial charge on any atom is 0.262 e. The molecule has 4 rings (SSSR count). The van der Waals surface area contributed by atoms with E-state index in [1.165, 1.54) is 0 Å². The summed E-state index contributed by atoms with van der Waals surface area (Å²) in [5.74, 6) is 1.80. The standard InChI is InChI=1S/C21H21N3O5/c1-26-17-8-4-3-7-16(17)21-22-20(23-29-21)15-6-2-5-9-18(15)28-14-19(25)24-10-12-27-13-11-24/h2-9H,10-14H2,1H3. The highest BCUT2D eigenvalue weighted by atomic mass is 16.5. The molecule has 1 fully saturated rings. The van der Waals surface area contributed by atoms with E-state index in [9.17, 15) is 4.79 Å². The molecule has 0 aliphatic carbocycles. The van der Waals surface area contributed by atoms with Crippen LogP contribution in [0.1, 0.15) is 0 Å². The number of ether oxygens (including phenoxy) is 3. The minimum atomic E-state index is -0.0778. The van der Waals surface area contributed by atoms with Gasteiger partial charge in [-0.15, -0.1) is 0 Å². The molecule has 1 saturated heterocycles. The molecule has 0 spiro atoms. The summed E-state index contributed by atoms with van der Waals surface area (Å²) in [6, 6.07) is 14.7. The zero-order valence-electron chi connectivity index (χ0n) is 16.0. The van der Waals surface area contributed by atoms with E-state index in [-0.39, 0.29) is 12.5 Å². The molecule has 1 aliphatic heterocycles. The SMILES string of the molecule is COc1ccccc1-c1nc(-c2ccccc2OCC(=O)N2CCOCC2)no1. The first kappa shape index (κ1) is 18.9. The van der Waals surface area contributed by atoms with Crippen molar-refractivity contribution in [3.63, 3.8) is 0 Å². The summed E-state index contributed by atoms with van der Waals surface area (Å²) in [5, 5.41) is 4.08. The third kappa shape index (κ3) is 4.22. The van der Waals surface area contributed by atoms with Gasteiger partial charge in [0.15, 0.2) is 6.61 Å². The van der Waals surface area contributed by atoms with Crippen molar-refractivity contribution >= 4 is 5.91 Å². The quantitative estimate of drug-likeness (QED) is 0.634. The fourth-order valence-corrected chi connectivity index (χ4v) is 3.08. The normalized spacial score (nSPS) is 13.9. The van der Waals surface area contributed by atoms with E-state index in [2.05, 4.69) is 10.1 Å². The van der Waals surface area contributed by atoms with Gasteiger partial charge in [-0.1, -0.05) is 29.4 Å². The number of carbonyl (C=O) groups excluding carboxylic acids is 1. The minimum Gasteiger partial charge on any atom is -0.496 e. The van der Waals surface area contributed by atoms with Gasteiger partial charge >= 0.3 is 0 Å². The van der Waals surface area contributed by atoms with Crippen molar-refractivity contribution in [1.29, 1.82) is 0 Å². The lowest BCUT2D eigenvalue weighted by molar-refractivity contribution is -0.137. The Hall–Kier alpha value is -3.39. The molecule has 0 radical (unpaired) electrons. The van der Waals surface area contributed by atoms with E-state index in [4.69, 9.17) is 18.7 Å². The molecule has 0 N–H and O–H groups in total. The third-order valence-electron chi connectivity index (χ3n) is 4.61. The van der Waals surface area contributed by atoms with Gasteiger partial charge < -0.3 is 23.6 Å². The molecule has 2 aromatic carbocycles. The highest BCUT2D eigenvalue weighted by Crippen LogP contribution is 2.32. The molecular weight excluding hydrogens is 374 g/mol. The van der Waals surface area contributed by atoms with Crippen LogP contribution in [-0.2, 0) is 9.53 Å². The molecule has 1 aliphatic rings. The Morgan fingerprint density at radius 3 is 2.48 bits per heavy atom. The monoisotopic (exact) mass is 395 g/mol. The fourth-order valence-electron chi connectivity index (χ4n) is 3.08. The van der Waals surface area contributed by atoms with Crippen LogP contribution in [-0.4, -0.2) is 61.0 Å². The first-order chi connectivity index (χ1) is 14.3. The predicted octanol–water partition coefficient (Wildman–Crippen LogP) is 2.65. The second kappa shape index (κ2) is 8.74. The molecular formula is C21H21N3O5. The fraction of sp³-hybridized carbons (Fsp3) is 0.286. The van der Waals surface area contributed by atoms with Crippen LogP contribution in [0.5, 0.6) is 11.5 Å². The molecule has 2 heterocycles. The Morgan fingerprint density at radius 2 is 1.72 bits per heavy atom. The van der Waals surface area contributed by atoms with Gasteiger partial charge in [0.05, 0.1) is 31.5 Å². The van der Waals surface area contributed by atoms with Crippen molar-refractivity contribution < 1.29 is 23.5 Å². The number of aromatic nitrogens is 2. The largest absolute Gasteiger partial charge is 0.496 e. The van der Waals surface area contributed by atoms with Gasteiger partial charge in [0.25, 0.3) is 11.8 Å². The number of amides is 1. The van der Waals surface area contributed by atoms with Crippen LogP contribution < -0.4 is 9.47 Å². The number of rotatable bonds is 6. The van der Waals surface area contributed by atoms with Gasteiger partial charge in [-0.25, -0.2) is 0 Å². The van der Waals surface area contributed by atoms with E-state index >= 15 is 0 Å². The van der Waals surface area contributed by atoms with E-state index in [1.807, 2.05) is 42.5 Å². The minimum absolute atomic E-state index is 0.0613. The summed E-state index contributed by atoms with van der Waals surface area (Å²) < 4.78 is 21.9. The summed E-state index contributed by atoms with van der Waals surface area (Å²) in [6.45, 7) is 2.20. The summed E-state index contributed by atoms with van der Waals surface area (Å²) in [7, 11) is 1.59. The van der Waals surface area contributed by atoms with Crippen molar-refractivity contribution in [1.82, 2.24) is 15.0 Å². The third-order valence-corrected chi connectivity index (χ3v) is 4.61. The average molecular weight is 395 g/mol. The molecule has 0 atom stereocenters. The van der Waals surface area contributed by atoms with E-state index in [0.717, 1.165) is 0 Å². The molecule has 0 bridgehead atoms. The maximum atomic E-state index is 12.4. The topological polar surface area (TPSA) is 86.9 Å². The second-order valence-corrected chi connectivity index (χ2v) is 6.40. The smallest absolute Gasteiger partial charge is 0.262 e. The molecule has 3 aromatic rings. The molecule has 150 valence electrons. The molecule has 8 nitrogen and oxygen atoms in total. The maximum absolute atomic E-state index is 12.4. The van der Waals surface area contributed by atoms with Gasteiger partial charge in [0.2, 0.25) is 5.82 Å². The van der Waals surface area contributed by atoms with Gasteiger partial charge in [0, 0.05) is 13.1 Å². The first-order valence-electron chi connectivity index (χ1n) is 9.31. The van der Waals surface area contributed by atoms with Crippen molar-refractivity contribution in [2.45, 2.75) is 0 Å². The highest BCUT2D eigenvalue weighted by Gasteiger charge is 2.20. The Bertz CT molecular complexity index is 982. The summed E-state index contributed by atoms with van der Waals surface area (Å²) in [5.41, 5.74) is 1.35. The first-order valence-corrected chi connectivity index (χ1v) is 9.31. The van der Waals surface area contributed by atoms with Gasteiger partial charge in [-0.05, 0) is 24.3 Å². The predicted molar refractivity (Wildman–Crippen MR) is 105 cm³/mol. The van der Waals surface area contributed by atoms with Gasteiger partial charge in [0.1, 0.15) is 11.5 Å². The van der Waals surface area contributed by atoms with Crippen molar-refractivity contribution in [3.8, 4) is 34.3 Å². The van der Waals surface area contributed by atoms with Crippen molar-refractivity contribution in [2.24, 2.45) is 0 Å².